The van der Waals surface area contributed by atoms with Gasteiger partial charge < -0.3 is 29.3 Å². The van der Waals surface area contributed by atoms with Crippen molar-refractivity contribution in [3.63, 3.8) is 0 Å². The van der Waals surface area contributed by atoms with Crippen molar-refractivity contribution in [3.8, 4) is 17.2 Å². The zero-order valence-corrected chi connectivity index (χ0v) is 21.1. The molecule has 0 saturated carbocycles. The Balaban J connectivity index is 0.00000450. The van der Waals surface area contributed by atoms with Crippen LogP contribution in [-0.2, 0) is 18.4 Å². The van der Waals surface area contributed by atoms with Gasteiger partial charge in [0.2, 0.25) is 5.89 Å². The van der Waals surface area contributed by atoms with E-state index in [2.05, 4.69) is 41.4 Å². The van der Waals surface area contributed by atoms with Crippen LogP contribution in [0.2, 0.25) is 0 Å². The maximum atomic E-state index is 5.80. The normalized spacial score (nSPS) is 11.5. The number of aliphatic imine (C=N–C) groups is 1. The molecule has 2 N–H and O–H groups in total. The van der Waals surface area contributed by atoms with Crippen molar-refractivity contribution < 1.29 is 18.6 Å². The predicted octanol–water partition coefficient (Wildman–Crippen LogP) is 3.52. The molecule has 1 aromatic carbocycles. The quantitative estimate of drug-likeness (QED) is 0.306. The lowest BCUT2D eigenvalue weighted by atomic mass is 9.94. The van der Waals surface area contributed by atoms with Gasteiger partial charge in [-0.25, -0.2) is 4.98 Å². The second-order valence-corrected chi connectivity index (χ2v) is 7.48. The number of rotatable bonds is 8. The third-order valence-electron chi connectivity index (χ3n) is 4.41. The molecular weight excluding hydrogens is 499 g/mol. The highest BCUT2D eigenvalue weighted by molar-refractivity contribution is 14.0. The van der Waals surface area contributed by atoms with Crippen LogP contribution in [0, 0.1) is 0 Å². The monoisotopic (exact) mass is 532 g/mol. The van der Waals surface area contributed by atoms with Gasteiger partial charge in [0.1, 0.15) is 23.0 Å². The second kappa shape index (κ2) is 11.9. The molecular formula is C21H33IN4O4. The molecule has 0 aliphatic carbocycles. The van der Waals surface area contributed by atoms with E-state index in [1.807, 2.05) is 12.1 Å². The zero-order chi connectivity index (χ0) is 21.4. The summed E-state index contributed by atoms with van der Waals surface area (Å²) in [5.41, 5.74) is 0.892. The SMILES string of the molecule is CN=C(NCCc1c(OC)cc(OC)cc1OC)NCc1ncc(C(C)(C)C)o1.I. The average molecular weight is 532 g/mol. The first-order valence-electron chi connectivity index (χ1n) is 9.51. The minimum atomic E-state index is -0.0678. The van der Waals surface area contributed by atoms with Gasteiger partial charge in [0.25, 0.3) is 0 Å². The largest absolute Gasteiger partial charge is 0.496 e. The summed E-state index contributed by atoms with van der Waals surface area (Å²) in [6.07, 6.45) is 2.46. The van der Waals surface area contributed by atoms with Crippen LogP contribution < -0.4 is 24.8 Å². The number of nitrogens with one attached hydrogen (secondary N) is 2. The van der Waals surface area contributed by atoms with Gasteiger partial charge in [-0.05, 0) is 6.42 Å². The molecule has 30 heavy (non-hydrogen) atoms. The molecule has 0 aliphatic rings. The topological polar surface area (TPSA) is 90.1 Å². The van der Waals surface area contributed by atoms with Crippen LogP contribution in [0.3, 0.4) is 0 Å². The average Bonchev–Trinajstić information content (AvgIpc) is 3.19. The molecule has 0 saturated heterocycles. The van der Waals surface area contributed by atoms with Crippen LogP contribution in [-0.4, -0.2) is 45.9 Å². The van der Waals surface area contributed by atoms with Gasteiger partial charge in [0.15, 0.2) is 5.96 Å². The number of aromatic nitrogens is 1. The van der Waals surface area contributed by atoms with Crippen molar-refractivity contribution in [2.75, 3.05) is 34.9 Å². The molecule has 2 aromatic rings. The van der Waals surface area contributed by atoms with Gasteiger partial charge in [-0.3, -0.25) is 4.99 Å². The molecule has 9 heteroatoms. The van der Waals surface area contributed by atoms with E-state index in [1.165, 1.54) is 0 Å². The third-order valence-corrected chi connectivity index (χ3v) is 4.41. The highest BCUT2D eigenvalue weighted by atomic mass is 127. The van der Waals surface area contributed by atoms with E-state index in [9.17, 15) is 0 Å². The van der Waals surface area contributed by atoms with Crippen molar-refractivity contribution in [1.82, 2.24) is 15.6 Å². The van der Waals surface area contributed by atoms with Crippen LogP contribution in [0.15, 0.2) is 27.7 Å². The number of oxazole rings is 1. The number of methoxy groups -OCH3 is 3. The zero-order valence-electron chi connectivity index (χ0n) is 18.8. The van der Waals surface area contributed by atoms with E-state index >= 15 is 0 Å². The van der Waals surface area contributed by atoms with Crippen molar-refractivity contribution in [3.05, 3.63) is 35.5 Å². The Kier molecular flexibility index (Phi) is 10.2. The first-order valence-corrected chi connectivity index (χ1v) is 9.51. The van der Waals surface area contributed by atoms with Gasteiger partial charge in [-0.15, -0.1) is 24.0 Å². The summed E-state index contributed by atoms with van der Waals surface area (Å²) in [5.74, 6) is 4.27. The van der Waals surface area contributed by atoms with Crippen LogP contribution in [0.25, 0.3) is 0 Å². The molecule has 0 spiro atoms. The molecule has 2 rings (SSSR count). The fourth-order valence-corrected chi connectivity index (χ4v) is 2.75. The van der Waals surface area contributed by atoms with Gasteiger partial charge in [0, 0.05) is 36.7 Å². The Hall–Kier alpha value is -2.17. The molecule has 1 aromatic heterocycles. The van der Waals surface area contributed by atoms with Crippen molar-refractivity contribution in [1.29, 1.82) is 0 Å². The highest BCUT2D eigenvalue weighted by Gasteiger charge is 2.19. The molecule has 0 fully saturated rings. The summed E-state index contributed by atoms with van der Waals surface area (Å²) in [7, 11) is 6.60. The molecule has 0 amide bonds. The van der Waals surface area contributed by atoms with E-state index in [-0.39, 0.29) is 29.4 Å². The smallest absolute Gasteiger partial charge is 0.213 e. The standard InChI is InChI=1S/C21H32N4O4.HI/c1-21(2,3)18-12-24-19(29-18)13-25-20(22-4)23-9-8-15-16(27-6)10-14(26-5)11-17(15)28-7;/h10-12H,8-9,13H2,1-7H3,(H2,22,23,25);1H. The second-order valence-electron chi connectivity index (χ2n) is 7.48. The molecule has 8 nitrogen and oxygen atoms in total. The minimum absolute atomic E-state index is 0. The Morgan fingerprint density at radius 2 is 1.70 bits per heavy atom. The van der Waals surface area contributed by atoms with Gasteiger partial charge in [0.05, 0.1) is 34.1 Å². The molecule has 0 bridgehead atoms. The number of hydrogen-bond donors (Lipinski definition) is 2. The summed E-state index contributed by atoms with van der Waals surface area (Å²) >= 11 is 0. The van der Waals surface area contributed by atoms with Crippen LogP contribution in [0.1, 0.15) is 38.0 Å². The molecule has 1 heterocycles. The number of halogens is 1. The van der Waals surface area contributed by atoms with Crippen LogP contribution in [0.5, 0.6) is 17.2 Å². The van der Waals surface area contributed by atoms with Crippen molar-refractivity contribution in [2.24, 2.45) is 4.99 Å². The van der Waals surface area contributed by atoms with E-state index in [0.717, 1.165) is 22.8 Å². The summed E-state index contributed by atoms with van der Waals surface area (Å²) in [4.78, 5) is 8.57. The first kappa shape index (κ1) is 25.9. The maximum Gasteiger partial charge on any atom is 0.213 e. The minimum Gasteiger partial charge on any atom is -0.496 e. The third kappa shape index (κ3) is 6.96. The van der Waals surface area contributed by atoms with Gasteiger partial charge in [-0.1, -0.05) is 20.8 Å². The molecule has 0 unspecified atom stereocenters. The Bertz CT molecular complexity index is 806. The summed E-state index contributed by atoms with van der Waals surface area (Å²) in [6, 6.07) is 3.70. The predicted molar refractivity (Wildman–Crippen MR) is 129 cm³/mol. The van der Waals surface area contributed by atoms with Crippen LogP contribution in [0.4, 0.5) is 0 Å². The summed E-state index contributed by atoms with van der Waals surface area (Å²) in [6.45, 7) is 7.36. The Labute approximate surface area is 195 Å². The number of ether oxygens (including phenoxy) is 3. The van der Waals surface area contributed by atoms with E-state index in [1.54, 1.807) is 34.6 Å². The first-order chi connectivity index (χ1) is 13.8. The lowest BCUT2D eigenvalue weighted by molar-refractivity contribution is 0.368. The van der Waals surface area contributed by atoms with Crippen molar-refractivity contribution >= 4 is 29.9 Å². The van der Waals surface area contributed by atoms with E-state index in [4.69, 9.17) is 18.6 Å². The van der Waals surface area contributed by atoms with Crippen molar-refractivity contribution in [2.45, 2.75) is 39.2 Å². The molecule has 0 radical (unpaired) electrons. The highest BCUT2D eigenvalue weighted by Crippen LogP contribution is 2.34. The van der Waals surface area contributed by atoms with Crippen LogP contribution >= 0.6 is 24.0 Å². The number of guanidine groups is 1. The fraction of sp³-hybridized carbons (Fsp3) is 0.524. The fourth-order valence-electron chi connectivity index (χ4n) is 2.75. The lowest BCUT2D eigenvalue weighted by Crippen LogP contribution is -2.38. The molecule has 168 valence electrons. The Morgan fingerprint density at radius 1 is 1.07 bits per heavy atom. The summed E-state index contributed by atoms with van der Waals surface area (Å²) in [5, 5.41) is 6.50. The number of benzene rings is 1. The van der Waals surface area contributed by atoms with E-state index < -0.39 is 0 Å². The molecule has 0 aliphatic heterocycles. The van der Waals surface area contributed by atoms with Gasteiger partial charge in [-0.2, -0.15) is 0 Å². The van der Waals surface area contributed by atoms with Gasteiger partial charge >= 0.3 is 0 Å². The molecule has 0 atom stereocenters. The lowest BCUT2D eigenvalue weighted by Gasteiger charge is -2.16. The number of nitrogens with zero attached hydrogens (tertiary/aromatic N) is 2. The van der Waals surface area contributed by atoms with E-state index in [0.29, 0.717) is 37.1 Å². The summed E-state index contributed by atoms with van der Waals surface area (Å²) < 4.78 is 22.1. The number of hydrogen-bond acceptors (Lipinski definition) is 6. The maximum absolute atomic E-state index is 5.80. The Morgan fingerprint density at radius 3 is 2.17 bits per heavy atom.